The third-order valence-corrected chi connectivity index (χ3v) is 9.93. The monoisotopic (exact) mass is 947 g/mol. The normalized spacial score (nSPS) is 13.9. The largest absolute Gasteiger partial charge is 0.482 e. The molecule has 1 fully saturated rings. The van der Waals surface area contributed by atoms with Crippen LogP contribution in [0.4, 0.5) is 48.9 Å². The number of carbonyl (C=O) groups is 5. The first-order valence-corrected chi connectivity index (χ1v) is 20.8. The Morgan fingerprint density at radius 1 is 0.897 bits per heavy atom. The number of nitrogens with one attached hydrogen (secondary N) is 2. The Kier molecular flexibility index (Phi) is 14.6. The van der Waals surface area contributed by atoms with Crippen molar-refractivity contribution in [2.45, 2.75) is 71.5 Å². The SMILES string of the molecule is C#CC(C(=O)Nc1ccc(-c2ccc3nc(N(C(=O)OCOC(=O)C(NC(=O)OC(C)(C)C)C(C)(C)C)c4ccc(C(=O)N5CC(F)C5)cc4OCC(F)(F)F)nn3c2)cc1)c1ccc(F)cc1. The Balaban J connectivity index is 1.30. The molecule has 16 nitrogen and oxygen atoms in total. The van der Waals surface area contributed by atoms with Gasteiger partial charge in [-0.2, -0.15) is 18.2 Å². The van der Waals surface area contributed by atoms with Gasteiger partial charge >= 0.3 is 24.3 Å². The highest BCUT2D eigenvalue weighted by Gasteiger charge is 2.37. The summed E-state index contributed by atoms with van der Waals surface area (Å²) in [6.45, 7) is 6.34. The molecule has 0 saturated carbocycles. The van der Waals surface area contributed by atoms with Crippen molar-refractivity contribution in [1.29, 1.82) is 0 Å². The molecule has 2 atom stereocenters. The van der Waals surface area contributed by atoms with Gasteiger partial charge in [0.05, 0.1) is 18.8 Å². The molecule has 68 heavy (non-hydrogen) atoms. The van der Waals surface area contributed by atoms with Crippen LogP contribution in [0, 0.1) is 23.6 Å². The van der Waals surface area contributed by atoms with Crippen LogP contribution in [0.25, 0.3) is 16.8 Å². The maximum Gasteiger partial charge on any atom is 0.424 e. The third-order valence-electron chi connectivity index (χ3n) is 9.93. The van der Waals surface area contributed by atoms with Crippen LogP contribution in [0.1, 0.15) is 63.4 Å². The molecule has 5 aromatic rings. The summed E-state index contributed by atoms with van der Waals surface area (Å²) in [5.74, 6) is -2.46. The van der Waals surface area contributed by atoms with E-state index in [2.05, 4.69) is 26.6 Å². The number of alkyl carbamates (subject to hydrolysis) is 1. The predicted octanol–water partition coefficient (Wildman–Crippen LogP) is 8.34. The van der Waals surface area contributed by atoms with E-state index in [1.54, 1.807) is 71.9 Å². The zero-order valence-corrected chi connectivity index (χ0v) is 37.5. The number of fused-ring (bicyclic) bond motifs is 1. The molecular formula is C47H46F5N7O9. The highest BCUT2D eigenvalue weighted by Crippen LogP contribution is 2.37. The topological polar surface area (TPSA) is 183 Å². The van der Waals surface area contributed by atoms with Crippen molar-refractivity contribution in [2.75, 3.05) is 36.7 Å². The molecule has 1 aliphatic heterocycles. The third kappa shape index (κ3) is 12.6. The standard InChI is InChI=1S/C47H46F5N7O9/c1-8-34(28-9-15-31(48)16-10-28)39(60)53-33-17-11-27(12-18-33)30-14-20-37-54-42(56-58(37)22-30)59(44(64)67-26-66-41(62)38(45(2,3)4)55-43(63)68-46(5,6)7)35-19-13-29(40(61)57-23-32(49)24-57)21-36(35)65-25-47(50,51)52/h1,9-22,32,34,38H,23-26H2,2-7H3,(H,53,60)(H,55,63). The second-order valence-electron chi connectivity index (χ2n) is 17.5. The number of aromatic nitrogens is 3. The molecular weight excluding hydrogens is 902 g/mol. The molecule has 358 valence electrons. The molecule has 3 heterocycles. The number of carbonyl (C=O) groups excluding carboxylic acids is 5. The first-order valence-electron chi connectivity index (χ1n) is 20.8. The number of terminal acetylenes is 1. The number of likely N-dealkylation sites (tertiary alicyclic amines) is 1. The van der Waals surface area contributed by atoms with Gasteiger partial charge in [0.25, 0.3) is 11.9 Å². The van der Waals surface area contributed by atoms with Crippen molar-refractivity contribution < 1.29 is 64.9 Å². The molecule has 4 amide bonds. The van der Waals surface area contributed by atoms with E-state index < -0.39 is 102 Å². The number of amides is 4. The van der Waals surface area contributed by atoms with Crippen LogP contribution < -0.4 is 20.3 Å². The molecule has 1 aliphatic rings. The summed E-state index contributed by atoms with van der Waals surface area (Å²) in [6.07, 6.45) is -1.34. The lowest BCUT2D eigenvalue weighted by Crippen LogP contribution is -2.51. The van der Waals surface area contributed by atoms with Crippen LogP contribution >= 0.6 is 0 Å². The number of rotatable bonds is 13. The van der Waals surface area contributed by atoms with E-state index in [0.29, 0.717) is 27.3 Å². The minimum absolute atomic E-state index is 0.127. The Labute approximate surface area is 386 Å². The molecule has 0 aliphatic carbocycles. The van der Waals surface area contributed by atoms with Gasteiger partial charge in [-0.05, 0) is 91.9 Å². The molecule has 3 aromatic carbocycles. The van der Waals surface area contributed by atoms with Gasteiger partial charge in [0, 0.05) is 23.0 Å². The summed E-state index contributed by atoms with van der Waals surface area (Å²) in [5, 5.41) is 9.60. The zero-order valence-electron chi connectivity index (χ0n) is 37.5. The van der Waals surface area contributed by atoms with Crippen LogP contribution in [0.3, 0.4) is 0 Å². The maximum atomic E-state index is 14.1. The van der Waals surface area contributed by atoms with Crippen molar-refractivity contribution >= 4 is 52.9 Å². The molecule has 6 rings (SSSR count). The minimum Gasteiger partial charge on any atom is -0.482 e. The van der Waals surface area contributed by atoms with Gasteiger partial charge in [0.1, 0.15) is 35.3 Å². The maximum absolute atomic E-state index is 14.1. The number of hydrogen-bond donors (Lipinski definition) is 2. The highest BCUT2D eigenvalue weighted by molar-refractivity contribution is 6.00. The number of alkyl halides is 4. The Morgan fingerprint density at radius 3 is 2.16 bits per heavy atom. The molecule has 2 aromatic heterocycles. The van der Waals surface area contributed by atoms with Gasteiger partial charge in [-0.15, -0.1) is 11.5 Å². The van der Waals surface area contributed by atoms with Crippen molar-refractivity contribution in [1.82, 2.24) is 24.8 Å². The van der Waals surface area contributed by atoms with Crippen LogP contribution in [-0.2, 0) is 23.8 Å². The number of pyridine rings is 1. The second kappa shape index (κ2) is 20.0. The fraction of sp³-hybridized carbons (Fsp3) is 0.340. The fourth-order valence-electron chi connectivity index (χ4n) is 6.58. The van der Waals surface area contributed by atoms with E-state index in [0.717, 1.165) is 17.0 Å². The summed E-state index contributed by atoms with van der Waals surface area (Å²) in [4.78, 5) is 72.4. The number of halogens is 5. The number of nitrogens with zero attached hydrogens (tertiary/aromatic N) is 5. The number of benzene rings is 3. The summed E-state index contributed by atoms with van der Waals surface area (Å²) in [5.41, 5.74) is -0.356. The Bertz CT molecular complexity index is 2720. The van der Waals surface area contributed by atoms with Gasteiger partial charge in [0.2, 0.25) is 12.7 Å². The number of esters is 1. The summed E-state index contributed by atoms with van der Waals surface area (Å²) >= 11 is 0. The molecule has 0 bridgehead atoms. The lowest BCUT2D eigenvalue weighted by molar-refractivity contribution is -0.157. The van der Waals surface area contributed by atoms with Crippen molar-refractivity contribution in [3.8, 4) is 29.2 Å². The fourth-order valence-corrected chi connectivity index (χ4v) is 6.58. The lowest BCUT2D eigenvalue weighted by Gasteiger charge is -2.34. The van der Waals surface area contributed by atoms with E-state index in [1.807, 2.05) is 0 Å². The Morgan fingerprint density at radius 2 is 1.56 bits per heavy atom. The lowest BCUT2D eigenvalue weighted by atomic mass is 9.87. The van der Waals surface area contributed by atoms with E-state index in [9.17, 15) is 45.9 Å². The average molecular weight is 948 g/mol. The second-order valence-corrected chi connectivity index (χ2v) is 17.5. The summed E-state index contributed by atoms with van der Waals surface area (Å²) < 4.78 is 90.2. The highest BCUT2D eigenvalue weighted by atomic mass is 19.4. The van der Waals surface area contributed by atoms with E-state index in [4.69, 9.17) is 25.4 Å². The number of hydrogen-bond acceptors (Lipinski definition) is 11. The Hall–Kier alpha value is -7.76. The quantitative estimate of drug-likeness (QED) is 0.0501. The van der Waals surface area contributed by atoms with E-state index >= 15 is 0 Å². The van der Waals surface area contributed by atoms with Gasteiger partial charge in [-0.1, -0.05) is 51.0 Å². The van der Waals surface area contributed by atoms with Gasteiger partial charge < -0.3 is 34.5 Å². The van der Waals surface area contributed by atoms with Crippen LogP contribution in [0.2, 0.25) is 0 Å². The van der Waals surface area contributed by atoms with Gasteiger partial charge in [-0.3, -0.25) is 9.59 Å². The van der Waals surface area contributed by atoms with Crippen molar-refractivity contribution in [2.24, 2.45) is 5.41 Å². The minimum atomic E-state index is -4.89. The molecule has 2 unspecified atom stereocenters. The zero-order chi connectivity index (χ0) is 49.7. The van der Waals surface area contributed by atoms with Gasteiger partial charge in [0.15, 0.2) is 12.3 Å². The van der Waals surface area contributed by atoms with Crippen molar-refractivity contribution in [3.05, 3.63) is 102 Å². The molecule has 2 N–H and O–H groups in total. The molecule has 0 spiro atoms. The number of anilines is 3. The molecule has 1 saturated heterocycles. The van der Waals surface area contributed by atoms with Crippen molar-refractivity contribution in [3.63, 3.8) is 0 Å². The summed E-state index contributed by atoms with van der Waals surface area (Å²) in [7, 11) is 0. The van der Waals surface area contributed by atoms with Crippen LogP contribution in [0.15, 0.2) is 85.1 Å². The first kappa shape index (κ1) is 49.7. The van der Waals surface area contributed by atoms with Crippen LogP contribution in [0.5, 0.6) is 5.75 Å². The smallest absolute Gasteiger partial charge is 0.424 e. The molecule has 0 radical (unpaired) electrons. The first-order chi connectivity index (χ1) is 31.9. The predicted molar refractivity (Wildman–Crippen MR) is 236 cm³/mol. The molecule has 21 heteroatoms. The van der Waals surface area contributed by atoms with E-state index in [1.165, 1.54) is 47.1 Å². The average Bonchev–Trinajstić information content (AvgIpc) is 3.66. The van der Waals surface area contributed by atoms with E-state index in [-0.39, 0.29) is 24.3 Å². The summed E-state index contributed by atoms with van der Waals surface area (Å²) in [6, 6.07) is 16.9. The number of ether oxygens (including phenoxy) is 4. The van der Waals surface area contributed by atoms with Crippen LogP contribution in [-0.4, -0.2) is 99.9 Å². The van der Waals surface area contributed by atoms with Gasteiger partial charge in [-0.25, -0.2) is 32.6 Å².